The lowest BCUT2D eigenvalue weighted by atomic mass is 9.84. The second-order valence-electron chi connectivity index (χ2n) is 6.74. The maximum atomic E-state index is 12.1. The summed E-state index contributed by atoms with van der Waals surface area (Å²) in [5.41, 5.74) is 2.56. The first-order valence-electron chi connectivity index (χ1n) is 8.15. The Hall–Kier alpha value is -1.97. The van der Waals surface area contributed by atoms with E-state index < -0.39 is 0 Å². The van der Waals surface area contributed by atoms with E-state index >= 15 is 0 Å². The molecule has 4 nitrogen and oxygen atoms in total. The summed E-state index contributed by atoms with van der Waals surface area (Å²) in [6, 6.07) is 6.12. The molecule has 1 amide bonds. The fraction of sp³-hybridized carbons (Fsp3) is 0.500. The maximum absolute atomic E-state index is 12.1. The van der Waals surface area contributed by atoms with Crippen molar-refractivity contribution in [2.75, 3.05) is 13.7 Å². The highest BCUT2D eigenvalue weighted by Crippen LogP contribution is 2.50. The molecule has 22 heavy (non-hydrogen) atoms. The molecule has 0 saturated heterocycles. The molecule has 1 aromatic carbocycles. The minimum Gasteiger partial charge on any atom is -0.497 e. The number of methoxy groups -OCH3 is 1. The normalized spacial score (nSPS) is 19.7. The molecule has 1 aromatic heterocycles. The molecule has 0 unspecified atom stereocenters. The summed E-state index contributed by atoms with van der Waals surface area (Å²) in [7, 11) is 1.69. The van der Waals surface area contributed by atoms with Crippen LogP contribution in [0.3, 0.4) is 0 Å². The molecule has 2 saturated carbocycles. The van der Waals surface area contributed by atoms with E-state index in [9.17, 15) is 4.79 Å². The minimum atomic E-state index is 0.115. The molecule has 1 heterocycles. The van der Waals surface area contributed by atoms with Crippen LogP contribution in [0.25, 0.3) is 10.9 Å². The van der Waals surface area contributed by atoms with Gasteiger partial charge in [-0.05, 0) is 49.4 Å². The van der Waals surface area contributed by atoms with Gasteiger partial charge in [0.2, 0.25) is 5.91 Å². The van der Waals surface area contributed by atoms with E-state index in [1.807, 2.05) is 6.07 Å². The lowest BCUT2D eigenvalue weighted by molar-refractivity contribution is -0.127. The van der Waals surface area contributed by atoms with Gasteiger partial charge in [-0.2, -0.15) is 0 Å². The SMILES string of the molecule is COc1ccc2[nH]cc(C3(CNC(=O)C4CCC4)CC3)c2c1. The highest BCUT2D eigenvalue weighted by molar-refractivity contribution is 5.86. The van der Waals surface area contributed by atoms with E-state index in [2.05, 4.69) is 28.6 Å². The van der Waals surface area contributed by atoms with Crippen LogP contribution in [0.5, 0.6) is 5.75 Å². The number of ether oxygens (including phenoxy) is 1. The Balaban J connectivity index is 1.56. The van der Waals surface area contributed by atoms with E-state index in [-0.39, 0.29) is 17.2 Å². The first-order chi connectivity index (χ1) is 10.7. The molecule has 0 aliphatic heterocycles. The summed E-state index contributed by atoms with van der Waals surface area (Å²) in [6.07, 6.45) is 7.70. The van der Waals surface area contributed by atoms with Crippen molar-refractivity contribution in [3.63, 3.8) is 0 Å². The fourth-order valence-corrected chi connectivity index (χ4v) is 3.43. The maximum Gasteiger partial charge on any atom is 0.223 e. The van der Waals surface area contributed by atoms with Crippen molar-refractivity contribution in [2.24, 2.45) is 5.92 Å². The smallest absolute Gasteiger partial charge is 0.223 e. The molecule has 2 aliphatic rings. The zero-order valence-electron chi connectivity index (χ0n) is 12.9. The molecule has 4 rings (SSSR count). The second kappa shape index (κ2) is 5.04. The summed E-state index contributed by atoms with van der Waals surface area (Å²) in [4.78, 5) is 15.4. The predicted molar refractivity (Wildman–Crippen MR) is 86.1 cm³/mol. The summed E-state index contributed by atoms with van der Waals surface area (Å²) in [5, 5.41) is 4.40. The first-order valence-corrected chi connectivity index (χ1v) is 8.15. The molecular weight excluding hydrogens is 276 g/mol. The van der Waals surface area contributed by atoms with Crippen molar-refractivity contribution in [3.8, 4) is 5.75 Å². The molecule has 0 bridgehead atoms. The molecule has 116 valence electrons. The largest absolute Gasteiger partial charge is 0.497 e. The summed E-state index contributed by atoms with van der Waals surface area (Å²) < 4.78 is 5.35. The number of nitrogens with one attached hydrogen (secondary N) is 2. The van der Waals surface area contributed by atoms with Crippen molar-refractivity contribution >= 4 is 16.8 Å². The monoisotopic (exact) mass is 298 g/mol. The van der Waals surface area contributed by atoms with Crippen LogP contribution < -0.4 is 10.1 Å². The average Bonchev–Trinajstić information content (AvgIpc) is 3.14. The number of carbonyl (C=O) groups is 1. The standard InChI is InChI=1S/C18H22N2O2/c1-22-13-5-6-16-14(9-13)15(10-19-16)18(7-8-18)11-20-17(21)12-3-2-4-12/h5-6,9-10,12,19H,2-4,7-8,11H2,1H3,(H,20,21). The highest BCUT2D eigenvalue weighted by Gasteiger charge is 2.46. The fourth-order valence-electron chi connectivity index (χ4n) is 3.43. The quantitative estimate of drug-likeness (QED) is 0.891. The van der Waals surface area contributed by atoms with Gasteiger partial charge in [-0.3, -0.25) is 4.79 Å². The van der Waals surface area contributed by atoms with Crippen molar-refractivity contribution in [3.05, 3.63) is 30.0 Å². The highest BCUT2D eigenvalue weighted by atomic mass is 16.5. The van der Waals surface area contributed by atoms with Crippen LogP contribution in [0.1, 0.15) is 37.7 Å². The van der Waals surface area contributed by atoms with Gasteiger partial charge in [-0.1, -0.05) is 6.42 Å². The van der Waals surface area contributed by atoms with Crippen molar-refractivity contribution < 1.29 is 9.53 Å². The first kappa shape index (κ1) is 13.7. The van der Waals surface area contributed by atoms with E-state index in [0.717, 1.165) is 43.5 Å². The van der Waals surface area contributed by atoms with Crippen LogP contribution in [0.2, 0.25) is 0 Å². The summed E-state index contributed by atoms with van der Waals surface area (Å²) in [6.45, 7) is 0.756. The Morgan fingerprint density at radius 2 is 2.23 bits per heavy atom. The van der Waals surface area contributed by atoms with Crippen molar-refractivity contribution in [2.45, 2.75) is 37.5 Å². The topological polar surface area (TPSA) is 54.1 Å². The average molecular weight is 298 g/mol. The van der Waals surface area contributed by atoms with Crippen LogP contribution >= 0.6 is 0 Å². The van der Waals surface area contributed by atoms with Gasteiger partial charge >= 0.3 is 0 Å². The Morgan fingerprint density at radius 1 is 1.41 bits per heavy atom. The third-order valence-corrected chi connectivity index (χ3v) is 5.39. The van der Waals surface area contributed by atoms with Crippen molar-refractivity contribution in [1.82, 2.24) is 10.3 Å². The molecule has 2 N–H and O–H groups in total. The summed E-state index contributed by atoms with van der Waals surface area (Å²) in [5.74, 6) is 1.39. The van der Waals surface area contributed by atoms with Crippen LogP contribution in [0.15, 0.2) is 24.4 Å². The number of hydrogen-bond acceptors (Lipinski definition) is 2. The number of rotatable bonds is 5. The van der Waals surface area contributed by atoms with Gasteiger partial charge in [0.1, 0.15) is 5.75 Å². The number of aromatic nitrogens is 1. The molecule has 2 fully saturated rings. The van der Waals surface area contributed by atoms with Gasteiger partial charge in [0.05, 0.1) is 7.11 Å². The van der Waals surface area contributed by atoms with E-state index in [4.69, 9.17) is 4.74 Å². The number of aromatic amines is 1. The predicted octanol–water partition coefficient (Wildman–Crippen LogP) is 3.12. The minimum absolute atomic E-state index is 0.115. The number of H-pyrrole nitrogens is 1. The number of fused-ring (bicyclic) bond motifs is 1. The van der Waals surface area contributed by atoms with Crippen LogP contribution in [0.4, 0.5) is 0 Å². The zero-order chi connectivity index (χ0) is 15.2. The Morgan fingerprint density at radius 3 is 2.86 bits per heavy atom. The molecule has 2 aliphatic carbocycles. The third kappa shape index (κ3) is 2.18. The van der Waals surface area contributed by atoms with Crippen LogP contribution in [-0.2, 0) is 10.2 Å². The van der Waals surface area contributed by atoms with Gasteiger partial charge in [-0.15, -0.1) is 0 Å². The van der Waals surface area contributed by atoms with Gasteiger partial charge in [0.25, 0.3) is 0 Å². The summed E-state index contributed by atoms with van der Waals surface area (Å²) >= 11 is 0. The Kier molecular flexibility index (Phi) is 3.13. The number of amides is 1. The van der Waals surface area contributed by atoms with Gasteiger partial charge < -0.3 is 15.0 Å². The molecule has 4 heteroatoms. The third-order valence-electron chi connectivity index (χ3n) is 5.39. The van der Waals surface area contributed by atoms with Crippen LogP contribution in [-0.4, -0.2) is 24.5 Å². The van der Waals surface area contributed by atoms with E-state index in [1.165, 1.54) is 17.4 Å². The number of benzene rings is 1. The molecule has 0 radical (unpaired) electrons. The lowest BCUT2D eigenvalue weighted by Gasteiger charge is -2.25. The van der Waals surface area contributed by atoms with Gasteiger partial charge in [-0.25, -0.2) is 0 Å². The van der Waals surface area contributed by atoms with Gasteiger partial charge in [0.15, 0.2) is 0 Å². The second-order valence-corrected chi connectivity index (χ2v) is 6.74. The molecule has 0 spiro atoms. The molecular formula is C18H22N2O2. The van der Waals surface area contributed by atoms with Gasteiger partial charge in [0, 0.05) is 35.0 Å². The number of carbonyl (C=O) groups excluding carboxylic acids is 1. The van der Waals surface area contributed by atoms with E-state index in [0.29, 0.717) is 0 Å². The molecule has 2 aromatic rings. The van der Waals surface area contributed by atoms with Crippen molar-refractivity contribution in [1.29, 1.82) is 0 Å². The van der Waals surface area contributed by atoms with Crippen LogP contribution in [0, 0.1) is 5.92 Å². The Labute approximate surface area is 130 Å². The lowest BCUT2D eigenvalue weighted by Crippen LogP contribution is -2.38. The zero-order valence-corrected chi connectivity index (χ0v) is 12.9. The Bertz CT molecular complexity index is 711. The molecule has 0 atom stereocenters. The van der Waals surface area contributed by atoms with E-state index in [1.54, 1.807) is 7.11 Å². The number of hydrogen-bond donors (Lipinski definition) is 2.